The Balaban J connectivity index is 1.50. The molecule has 1 aromatic heterocycles. The number of nitro groups is 1. The first-order valence-electron chi connectivity index (χ1n) is 10.5. The Hall–Kier alpha value is -4.72. The third-order valence-electron chi connectivity index (χ3n) is 5.34. The van der Waals surface area contributed by atoms with Crippen LogP contribution in [0.1, 0.15) is 28.8 Å². The molecule has 0 unspecified atom stereocenters. The Morgan fingerprint density at radius 2 is 1.91 bits per heavy atom. The van der Waals surface area contributed by atoms with Crippen LogP contribution >= 0.6 is 0 Å². The van der Waals surface area contributed by atoms with Crippen molar-refractivity contribution in [1.82, 2.24) is 9.78 Å². The van der Waals surface area contributed by atoms with E-state index in [9.17, 15) is 25.0 Å². The Labute approximate surface area is 194 Å². The molecule has 1 N–H and O–H groups in total. The van der Waals surface area contributed by atoms with E-state index >= 15 is 0 Å². The van der Waals surface area contributed by atoms with Crippen LogP contribution in [0.15, 0.2) is 54.7 Å². The number of carbonyl (C=O) groups is 2. The molecule has 2 heterocycles. The minimum Gasteiger partial charge on any atom is -0.452 e. The molecule has 0 radical (unpaired) electrons. The van der Waals surface area contributed by atoms with Gasteiger partial charge in [-0.25, -0.2) is 9.48 Å². The highest BCUT2D eigenvalue weighted by atomic mass is 16.6. The number of anilines is 2. The summed E-state index contributed by atoms with van der Waals surface area (Å²) in [6.45, 7) is 0.795. The average molecular weight is 460 g/mol. The minimum atomic E-state index is -0.849. The van der Waals surface area contributed by atoms with Crippen LogP contribution in [0, 0.1) is 21.4 Å². The molecule has 0 bridgehead atoms. The molecule has 11 nitrogen and oxygen atoms in total. The molecule has 0 aliphatic carbocycles. The predicted molar refractivity (Wildman–Crippen MR) is 122 cm³/mol. The van der Waals surface area contributed by atoms with Crippen LogP contribution in [-0.4, -0.2) is 46.3 Å². The van der Waals surface area contributed by atoms with Crippen molar-refractivity contribution in [2.75, 3.05) is 29.9 Å². The number of non-ortho nitro benzene ring substituents is 1. The van der Waals surface area contributed by atoms with Gasteiger partial charge in [0.2, 0.25) is 0 Å². The molecule has 0 spiro atoms. The lowest BCUT2D eigenvalue weighted by Gasteiger charge is -2.20. The van der Waals surface area contributed by atoms with Crippen molar-refractivity contribution in [3.63, 3.8) is 0 Å². The van der Waals surface area contributed by atoms with Crippen molar-refractivity contribution < 1.29 is 19.2 Å². The molecule has 0 saturated carbocycles. The van der Waals surface area contributed by atoms with Crippen LogP contribution in [0.2, 0.25) is 0 Å². The number of aromatic nitrogens is 2. The first kappa shape index (κ1) is 22.5. The van der Waals surface area contributed by atoms with Gasteiger partial charge in [-0.15, -0.1) is 0 Å². The van der Waals surface area contributed by atoms with Crippen LogP contribution in [0.5, 0.6) is 0 Å². The number of hydrogen-bond donors (Lipinski definition) is 1. The lowest BCUT2D eigenvalue weighted by molar-refractivity contribution is -0.384. The first-order valence-corrected chi connectivity index (χ1v) is 10.5. The Morgan fingerprint density at radius 3 is 2.59 bits per heavy atom. The van der Waals surface area contributed by atoms with Crippen molar-refractivity contribution in [3.8, 4) is 11.8 Å². The third-order valence-corrected chi connectivity index (χ3v) is 5.34. The maximum Gasteiger partial charge on any atom is 0.341 e. The fourth-order valence-electron chi connectivity index (χ4n) is 3.73. The van der Waals surface area contributed by atoms with Crippen molar-refractivity contribution in [2.45, 2.75) is 12.8 Å². The second kappa shape index (κ2) is 9.83. The third kappa shape index (κ3) is 4.71. The SMILES string of the molecule is N#Cc1cnn(-c2ccccc2)c1NC(=O)COC(=O)c1cc([N+](=O)[O-])ccc1N1CCCC1. The van der Waals surface area contributed by atoms with E-state index in [0.29, 0.717) is 11.4 Å². The number of nitrogens with zero attached hydrogens (tertiary/aromatic N) is 5. The molecular formula is C23H20N6O5. The molecule has 3 aromatic rings. The van der Waals surface area contributed by atoms with E-state index in [1.165, 1.54) is 23.0 Å². The lowest BCUT2D eigenvalue weighted by atomic mass is 10.1. The summed E-state index contributed by atoms with van der Waals surface area (Å²) in [5, 5.41) is 27.3. The highest BCUT2D eigenvalue weighted by Crippen LogP contribution is 2.29. The van der Waals surface area contributed by atoms with Crippen molar-refractivity contribution in [1.29, 1.82) is 5.26 Å². The van der Waals surface area contributed by atoms with Gasteiger partial charge >= 0.3 is 5.97 Å². The fraction of sp³-hybridized carbons (Fsp3) is 0.217. The highest BCUT2D eigenvalue weighted by molar-refractivity contribution is 5.99. The first-order chi connectivity index (χ1) is 16.5. The maximum atomic E-state index is 12.8. The topological polar surface area (TPSA) is 143 Å². The van der Waals surface area contributed by atoms with Crippen LogP contribution in [0.4, 0.5) is 17.2 Å². The van der Waals surface area contributed by atoms with E-state index in [4.69, 9.17) is 4.74 Å². The van der Waals surface area contributed by atoms with Gasteiger partial charge in [0.05, 0.1) is 28.1 Å². The standard InChI is InChI=1S/C23H20N6O5/c24-13-16-14-25-28(17-6-2-1-3-7-17)22(16)26-21(30)15-34-23(31)19-12-18(29(32)33)8-9-20(19)27-10-4-5-11-27/h1-3,6-9,12,14H,4-5,10-11,15H2,(H,26,30). The fourth-order valence-corrected chi connectivity index (χ4v) is 3.73. The molecule has 1 fully saturated rings. The number of ether oxygens (including phenoxy) is 1. The van der Waals surface area contributed by atoms with Gasteiger partial charge in [0.25, 0.3) is 11.6 Å². The van der Waals surface area contributed by atoms with Crippen molar-refractivity contribution in [3.05, 3.63) is 76.0 Å². The summed E-state index contributed by atoms with van der Waals surface area (Å²) in [6.07, 6.45) is 3.22. The zero-order valence-electron chi connectivity index (χ0n) is 18.0. The van der Waals surface area contributed by atoms with E-state index in [1.807, 2.05) is 17.0 Å². The van der Waals surface area contributed by atoms with Gasteiger partial charge in [-0.1, -0.05) is 18.2 Å². The number of nitrogens with one attached hydrogen (secondary N) is 1. The van der Waals surface area contributed by atoms with Gasteiger partial charge < -0.3 is 15.0 Å². The summed E-state index contributed by atoms with van der Waals surface area (Å²) in [6, 6.07) is 14.9. The number of benzene rings is 2. The molecule has 1 aliphatic rings. The Morgan fingerprint density at radius 1 is 1.18 bits per heavy atom. The van der Waals surface area contributed by atoms with Gasteiger partial charge in [-0.2, -0.15) is 10.4 Å². The minimum absolute atomic E-state index is 0.0240. The number of rotatable bonds is 7. The predicted octanol–water partition coefficient (Wildman–Crippen LogP) is 3.05. The number of carbonyl (C=O) groups excluding carboxylic acids is 2. The van der Waals surface area contributed by atoms with Crippen LogP contribution in [0.3, 0.4) is 0 Å². The normalized spacial score (nSPS) is 12.7. The van der Waals surface area contributed by atoms with Crippen molar-refractivity contribution >= 4 is 29.1 Å². The van der Waals surface area contributed by atoms with Crippen LogP contribution in [-0.2, 0) is 9.53 Å². The number of hydrogen-bond acceptors (Lipinski definition) is 8. The quantitative estimate of drug-likeness (QED) is 0.322. The second-order valence-electron chi connectivity index (χ2n) is 7.54. The van der Waals surface area contributed by atoms with Gasteiger partial charge in [-0.3, -0.25) is 14.9 Å². The molecule has 172 valence electrons. The largest absolute Gasteiger partial charge is 0.452 e. The number of nitro benzene ring substituents is 1. The van der Waals surface area contributed by atoms with Crippen LogP contribution < -0.4 is 10.2 Å². The summed E-state index contributed by atoms with van der Waals surface area (Å²) >= 11 is 0. The van der Waals surface area contributed by atoms with E-state index < -0.39 is 23.4 Å². The van der Waals surface area contributed by atoms with Crippen LogP contribution in [0.25, 0.3) is 5.69 Å². The average Bonchev–Trinajstić information content (AvgIpc) is 3.53. The number of nitriles is 1. The zero-order valence-corrected chi connectivity index (χ0v) is 18.0. The van der Waals surface area contributed by atoms with E-state index in [2.05, 4.69) is 10.4 Å². The molecule has 1 aliphatic heterocycles. The lowest BCUT2D eigenvalue weighted by Crippen LogP contribution is -2.25. The molecule has 0 atom stereocenters. The van der Waals surface area contributed by atoms with Gasteiger partial charge in [0.1, 0.15) is 11.6 Å². The number of para-hydroxylation sites is 1. The number of amides is 1. The molecule has 4 rings (SSSR count). The smallest absolute Gasteiger partial charge is 0.341 e. The molecule has 2 aromatic carbocycles. The van der Waals surface area contributed by atoms with E-state index in [0.717, 1.165) is 32.0 Å². The summed E-state index contributed by atoms with van der Waals surface area (Å²) in [5.41, 5.74) is 1.07. The molecule has 1 amide bonds. The van der Waals surface area contributed by atoms with Gasteiger partial charge in [-0.05, 0) is 31.0 Å². The van der Waals surface area contributed by atoms with E-state index in [-0.39, 0.29) is 22.6 Å². The maximum absolute atomic E-state index is 12.8. The van der Waals surface area contributed by atoms with E-state index in [1.54, 1.807) is 24.3 Å². The Bertz CT molecular complexity index is 1270. The highest BCUT2D eigenvalue weighted by Gasteiger charge is 2.24. The second-order valence-corrected chi connectivity index (χ2v) is 7.54. The summed E-state index contributed by atoms with van der Waals surface area (Å²) in [4.78, 5) is 37.9. The zero-order chi connectivity index (χ0) is 24.1. The Kier molecular flexibility index (Phi) is 6.49. The summed E-state index contributed by atoms with van der Waals surface area (Å²) in [5.74, 6) is -1.39. The van der Waals surface area contributed by atoms with Crippen molar-refractivity contribution in [2.24, 2.45) is 0 Å². The summed E-state index contributed by atoms with van der Waals surface area (Å²) < 4.78 is 6.57. The molecule has 11 heteroatoms. The molecule has 34 heavy (non-hydrogen) atoms. The van der Waals surface area contributed by atoms with Gasteiger partial charge in [0.15, 0.2) is 12.4 Å². The molecule has 1 saturated heterocycles. The monoisotopic (exact) mass is 460 g/mol. The van der Waals surface area contributed by atoms with Gasteiger partial charge in [0, 0.05) is 25.2 Å². The molecular weight excluding hydrogens is 440 g/mol. The number of esters is 1. The summed E-state index contributed by atoms with van der Waals surface area (Å²) in [7, 11) is 0.